The van der Waals surface area contributed by atoms with Gasteiger partial charge in [0.2, 0.25) is 5.91 Å². The Morgan fingerprint density at radius 1 is 1.39 bits per heavy atom. The third-order valence-corrected chi connectivity index (χ3v) is 3.55. The minimum Gasteiger partial charge on any atom is -0.399 e. The summed E-state index contributed by atoms with van der Waals surface area (Å²) in [6, 6.07) is 6.23. The van der Waals surface area contributed by atoms with E-state index in [4.69, 9.17) is 5.73 Å². The molecule has 1 heterocycles. The van der Waals surface area contributed by atoms with E-state index in [1.165, 1.54) is 11.1 Å². The van der Waals surface area contributed by atoms with E-state index in [1.807, 2.05) is 33.0 Å². The zero-order valence-electron chi connectivity index (χ0n) is 11.3. The van der Waals surface area contributed by atoms with Crippen molar-refractivity contribution in [3.63, 3.8) is 0 Å². The van der Waals surface area contributed by atoms with Gasteiger partial charge < -0.3 is 10.6 Å². The molecule has 2 rings (SSSR count). The number of benzene rings is 1. The summed E-state index contributed by atoms with van der Waals surface area (Å²) in [5.74, 6) is 0.172. The summed E-state index contributed by atoms with van der Waals surface area (Å²) in [4.78, 5) is 16.0. The molecule has 2 N–H and O–H groups in total. The maximum atomic E-state index is 12.0. The molecule has 1 aromatic rings. The first-order valence-corrected chi connectivity index (χ1v) is 6.32. The zero-order valence-corrected chi connectivity index (χ0v) is 11.3. The molecule has 0 bridgehead atoms. The molecular weight excluding hydrogens is 226 g/mol. The standard InChI is InChI=1S/C14H21N3O/c1-10(2)16(3)14(18)9-17-7-11-4-5-13(15)6-12(11)8-17/h4-6,10H,7-9,15H2,1-3H3. The Hall–Kier alpha value is -1.55. The van der Waals surface area contributed by atoms with E-state index in [1.54, 1.807) is 4.90 Å². The minimum absolute atomic E-state index is 0.172. The lowest BCUT2D eigenvalue weighted by molar-refractivity contribution is -0.132. The van der Waals surface area contributed by atoms with E-state index in [-0.39, 0.29) is 11.9 Å². The molecule has 0 spiro atoms. The van der Waals surface area contributed by atoms with Crippen LogP contribution < -0.4 is 5.73 Å². The fourth-order valence-corrected chi connectivity index (χ4v) is 2.19. The number of anilines is 1. The van der Waals surface area contributed by atoms with Crippen LogP contribution in [-0.4, -0.2) is 35.3 Å². The lowest BCUT2D eigenvalue weighted by Crippen LogP contribution is -2.39. The number of rotatable bonds is 3. The van der Waals surface area contributed by atoms with E-state index in [0.29, 0.717) is 6.54 Å². The van der Waals surface area contributed by atoms with Crippen LogP contribution in [0.3, 0.4) is 0 Å². The van der Waals surface area contributed by atoms with Crippen molar-refractivity contribution in [1.29, 1.82) is 0 Å². The van der Waals surface area contributed by atoms with Gasteiger partial charge in [0.25, 0.3) is 0 Å². The largest absolute Gasteiger partial charge is 0.399 e. The van der Waals surface area contributed by atoms with Gasteiger partial charge in [0.05, 0.1) is 6.54 Å². The molecule has 0 aromatic heterocycles. The summed E-state index contributed by atoms with van der Waals surface area (Å²) in [5, 5.41) is 0. The highest BCUT2D eigenvalue weighted by Crippen LogP contribution is 2.24. The normalized spacial score (nSPS) is 14.9. The van der Waals surface area contributed by atoms with Crippen LogP contribution in [0.4, 0.5) is 5.69 Å². The van der Waals surface area contributed by atoms with Crippen LogP contribution in [0.15, 0.2) is 18.2 Å². The van der Waals surface area contributed by atoms with Crippen molar-refractivity contribution < 1.29 is 4.79 Å². The Morgan fingerprint density at radius 3 is 2.72 bits per heavy atom. The Morgan fingerprint density at radius 2 is 2.06 bits per heavy atom. The number of hydrogen-bond acceptors (Lipinski definition) is 3. The molecule has 0 atom stereocenters. The van der Waals surface area contributed by atoms with Crippen LogP contribution in [0.5, 0.6) is 0 Å². The molecule has 0 saturated carbocycles. The number of nitrogens with zero attached hydrogens (tertiary/aromatic N) is 2. The van der Waals surface area contributed by atoms with E-state index in [0.717, 1.165) is 18.8 Å². The topological polar surface area (TPSA) is 49.6 Å². The van der Waals surface area contributed by atoms with Gasteiger partial charge >= 0.3 is 0 Å². The molecule has 4 nitrogen and oxygen atoms in total. The summed E-state index contributed by atoms with van der Waals surface area (Å²) >= 11 is 0. The van der Waals surface area contributed by atoms with Gasteiger partial charge in [-0.15, -0.1) is 0 Å². The van der Waals surface area contributed by atoms with Gasteiger partial charge in [-0.1, -0.05) is 6.07 Å². The molecule has 0 fully saturated rings. The first-order chi connectivity index (χ1) is 8.47. The Bertz CT molecular complexity index is 456. The van der Waals surface area contributed by atoms with Gasteiger partial charge in [-0.25, -0.2) is 0 Å². The highest BCUT2D eigenvalue weighted by Gasteiger charge is 2.22. The Labute approximate surface area is 108 Å². The molecule has 0 saturated heterocycles. The van der Waals surface area contributed by atoms with Crippen LogP contribution in [0.2, 0.25) is 0 Å². The lowest BCUT2D eigenvalue weighted by Gasteiger charge is -2.24. The van der Waals surface area contributed by atoms with Gasteiger partial charge in [0.15, 0.2) is 0 Å². The second kappa shape index (κ2) is 4.98. The van der Waals surface area contributed by atoms with Crippen LogP contribution >= 0.6 is 0 Å². The third kappa shape index (κ3) is 2.64. The minimum atomic E-state index is 0.172. The quantitative estimate of drug-likeness (QED) is 0.823. The van der Waals surface area contributed by atoms with E-state index in [9.17, 15) is 4.79 Å². The first-order valence-electron chi connectivity index (χ1n) is 6.32. The van der Waals surface area contributed by atoms with Gasteiger partial charge in [-0.2, -0.15) is 0 Å². The van der Waals surface area contributed by atoms with Crippen molar-refractivity contribution in [3.8, 4) is 0 Å². The zero-order chi connectivity index (χ0) is 13.3. The summed E-state index contributed by atoms with van der Waals surface area (Å²) in [6.45, 7) is 6.18. The summed E-state index contributed by atoms with van der Waals surface area (Å²) < 4.78 is 0. The average Bonchev–Trinajstić information content (AvgIpc) is 2.68. The number of nitrogen functional groups attached to an aromatic ring is 1. The molecular formula is C14H21N3O. The average molecular weight is 247 g/mol. The predicted molar refractivity (Wildman–Crippen MR) is 72.9 cm³/mol. The van der Waals surface area contributed by atoms with Crippen molar-refractivity contribution in [2.24, 2.45) is 0 Å². The van der Waals surface area contributed by atoms with Gasteiger partial charge in [0.1, 0.15) is 0 Å². The molecule has 1 aliphatic rings. The third-order valence-electron chi connectivity index (χ3n) is 3.55. The van der Waals surface area contributed by atoms with Crippen molar-refractivity contribution in [2.75, 3.05) is 19.3 Å². The highest BCUT2D eigenvalue weighted by atomic mass is 16.2. The number of amides is 1. The number of hydrogen-bond donors (Lipinski definition) is 1. The highest BCUT2D eigenvalue weighted by molar-refractivity contribution is 5.78. The first kappa shape index (κ1) is 12.9. The SMILES string of the molecule is CC(C)N(C)C(=O)CN1Cc2ccc(N)cc2C1. The molecule has 1 amide bonds. The maximum Gasteiger partial charge on any atom is 0.236 e. The number of nitrogens with two attached hydrogens (primary N) is 1. The van der Waals surface area contributed by atoms with Gasteiger partial charge in [-0.05, 0) is 37.1 Å². The van der Waals surface area contributed by atoms with Crippen molar-refractivity contribution in [2.45, 2.75) is 33.0 Å². The van der Waals surface area contributed by atoms with Crippen LogP contribution in [0.1, 0.15) is 25.0 Å². The molecule has 18 heavy (non-hydrogen) atoms. The van der Waals surface area contributed by atoms with E-state index in [2.05, 4.69) is 11.0 Å². The molecule has 4 heteroatoms. The molecule has 1 aliphatic heterocycles. The van der Waals surface area contributed by atoms with Crippen molar-refractivity contribution in [1.82, 2.24) is 9.80 Å². The maximum absolute atomic E-state index is 12.0. The lowest BCUT2D eigenvalue weighted by atomic mass is 10.1. The number of fused-ring (bicyclic) bond motifs is 1. The number of carbonyl (C=O) groups is 1. The second-order valence-electron chi connectivity index (χ2n) is 5.27. The van der Waals surface area contributed by atoms with Gasteiger partial charge in [0, 0.05) is 31.9 Å². The summed E-state index contributed by atoms with van der Waals surface area (Å²) in [6.07, 6.45) is 0. The molecule has 0 unspecified atom stereocenters. The predicted octanol–water partition coefficient (Wildman–Crippen LogP) is 1.45. The van der Waals surface area contributed by atoms with Crippen LogP contribution in [0, 0.1) is 0 Å². The monoisotopic (exact) mass is 247 g/mol. The number of carbonyl (C=O) groups excluding carboxylic acids is 1. The molecule has 98 valence electrons. The van der Waals surface area contributed by atoms with Gasteiger partial charge in [-0.3, -0.25) is 9.69 Å². The fraction of sp³-hybridized carbons (Fsp3) is 0.500. The molecule has 1 aromatic carbocycles. The van der Waals surface area contributed by atoms with Crippen molar-refractivity contribution in [3.05, 3.63) is 29.3 Å². The Balaban J connectivity index is 1.97. The van der Waals surface area contributed by atoms with Crippen molar-refractivity contribution >= 4 is 11.6 Å². The van der Waals surface area contributed by atoms with E-state index < -0.39 is 0 Å². The smallest absolute Gasteiger partial charge is 0.236 e. The summed E-state index contributed by atoms with van der Waals surface area (Å²) in [7, 11) is 1.86. The second-order valence-corrected chi connectivity index (χ2v) is 5.27. The van der Waals surface area contributed by atoms with Crippen LogP contribution in [-0.2, 0) is 17.9 Å². The Kier molecular flexibility index (Phi) is 3.57. The summed E-state index contributed by atoms with van der Waals surface area (Å²) in [5.41, 5.74) is 9.09. The van der Waals surface area contributed by atoms with Crippen LogP contribution in [0.25, 0.3) is 0 Å². The fourth-order valence-electron chi connectivity index (χ4n) is 2.19. The van der Waals surface area contributed by atoms with E-state index >= 15 is 0 Å². The number of likely N-dealkylation sites (N-methyl/N-ethyl adjacent to an activating group) is 1. The molecule has 0 radical (unpaired) electrons. The molecule has 0 aliphatic carbocycles.